The van der Waals surface area contributed by atoms with E-state index in [1.54, 1.807) is 24.3 Å². The molecule has 2 rings (SSSR count). The summed E-state index contributed by atoms with van der Waals surface area (Å²) in [5, 5.41) is 0. The Balaban J connectivity index is 1.86. The van der Waals surface area contributed by atoms with Gasteiger partial charge in [-0.3, -0.25) is 4.79 Å². The summed E-state index contributed by atoms with van der Waals surface area (Å²) >= 11 is 0. The third-order valence-corrected chi connectivity index (χ3v) is 4.61. The van der Waals surface area contributed by atoms with E-state index >= 15 is 0 Å². The highest BCUT2D eigenvalue weighted by Gasteiger charge is 2.37. The molecule has 4 atom stereocenters. The van der Waals surface area contributed by atoms with Crippen LogP contribution in [0.15, 0.2) is 30.3 Å². The van der Waals surface area contributed by atoms with E-state index < -0.39 is 12.4 Å². The van der Waals surface area contributed by atoms with Crippen molar-refractivity contribution in [3.05, 3.63) is 35.9 Å². The summed E-state index contributed by atoms with van der Waals surface area (Å²) < 4.78 is 22.0. The number of ether oxygens (including phenoxy) is 4. The van der Waals surface area contributed by atoms with Crippen molar-refractivity contribution in [3.63, 3.8) is 0 Å². The Labute approximate surface area is 154 Å². The summed E-state index contributed by atoms with van der Waals surface area (Å²) in [5.74, 6) is -0.334. The van der Waals surface area contributed by atoms with Gasteiger partial charge in [0.2, 0.25) is 0 Å². The van der Waals surface area contributed by atoms with E-state index in [1.807, 2.05) is 13.0 Å². The Kier molecular flexibility index (Phi) is 8.06. The Bertz CT molecular complexity index is 573. The second kappa shape index (κ2) is 10.3. The molecule has 1 fully saturated rings. The summed E-state index contributed by atoms with van der Waals surface area (Å²) in [6.45, 7) is 4.50. The van der Waals surface area contributed by atoms with E-state index in [2.05, 4.69) is 11.7 Å². The van der Waals surface area contributed by atoms with Crippen LogP contribution >= 0.6 is 0 Å². The first-order chi connectivity index (χ1) is 12.5. The molecule has 1 aromatic rings. The van der Waals surface area contributed by atoms with Crippen molar-refractivity contribution in [1.82, 2.24) is 0 Å². The number of unbranched alkanes of at least 4 members (excludes halogenated alkanes) is 1. The largest absolute Gasteiger partial charge is 0.469 e. The van der Waals surface area contributed by atoms with Crippen LogP contribution in [-0.4, -0.2) is 44.2 Å². The first-order valence-electron chi connectivity index (χ1n) is 9.11. The highest BCUT2D eigenvalue weighted by atomic mass is 16.7. The van der Waals surface area contributed by atoms with Crippen LogP contribution in [0.2, 0.25) is 0 Å². The lowest BCUT2D eigenvalue weighted by atomic mass is 9.95. The molecule has 6 heteroatoms. The second-order valence-electron chi connectivity index (χ2n) is 6.64. The zero-order chi connectivity index (χ0) is 18.9. The monoisotopic (exact) mass is 364 g/mol. The van der Waals surface area contributed by atoms with Gasteiger partial charge in [-0.25, -0.2) is 4.79 Å². The van der Waals surface area contributed by atoms with E-state index in [-0.39, 0.29) is 24.0 Å². The Morgan fingerprint density at radius 3 is 2.58 bits per heavy atom. The number of rotatable bonds is 8. The zero-order valence-electron chi connectivity index (χ0n) is 15.7. The normalized spacial score (nSPS) is 25.5. The number of hydrogen-bond acceptors (Lipinski definition) is 6. The van der Waals surface area contributed by atoms with Crippen LogP contribution < -0.4 is 0 Å². The molecule has 1 heterocycles. The maximum Gasteiger partial charge on any atom is 0.338 e. The van der Waals surface area contributed by atoms with Gasteiger partial charge in [-0.05, 0) is 44.2 Å². The number of benzene rings is 1. The summed E-state index contributed by atoms with van der Waals surface area (Å²) in [7, 11) is 1.38. The third kappa shape index (κ3) is 6.11. The van der Waals surface area contributed by atoms with Crippen LogP contribution in [-0.2, 0) is 23.7 Å². The van der Waals surface area contributed by atoms with Gasteiger partial charge in [0.15, 0.2) is 12.4 Å². The molecule has 6 nitrogen and oxygen atoms in total. The molecule has 0 bridgehead atoms. The lowest BCUT2D eigenvalue weighted by molar-refractivity contribution is -0.249. The van der Waals surface area contributed by atoms with Crippen molar-refractivity contribution in [1.29, 1.82) is 0 Å². The van der Waals surface area contributed by atoms with Crippen molar-refractivity contribution in [2.45, 2.75) is 58.0 Å². The van der Waals surface area contributed by atoms with Crippen LogP contribution in [0.3, 0.4) is 0 Å². The Hall–Kier alpha value is -1.92. The molecule has 144 valence electrons. The third-order valence-electron chi connectivity index (χ3n) is 4.61. The number of hydrogen-bond donors (Lipinski definition) is 0. The number of esters is 2. The minimum absolute atomic E-state index is 0.0294. The van der Waals surface area contributed by atoms with Gasteiger partial charge in [0.25, 0.3) is 0 Å². The molecule has 0 aliphatic carbocycles. The first kappa shape index (κ1) is 20.4. The standard InChI is InChI=1S/C20H28O6/c1-14-13-17(26-19(22)16-9-5-4-6-10-16)20(25-15(14)2)24-12-8-7-11-18(21)23-3/h4-6,9-10,14-15,17,20H,7-8,11-13H2,1-3H3/t14-,15?,17?,20-/m1/s1. The molecule has 0 N–H and O–H groups in total. The summed E-state index contributed by atoms with van der Waals surface area (Å²) in [5.41, 5.74) is 0.510. The summed E-state index contributed by atoms with van der Waals surface area (Å²) in [6, 6.07) is 8.90. The Morgan fingerprint density at radius 2 is 1.88 bits per heavy atom. The Morgan fingerprint density at radius 1 is 1.15 bits per heavy atom. The molecular formula is C20H28O6. The van der Waals surface area contributed by atoms with Crippen LogP contribution in [0.25, 0.3) is 0 Å². The molecule has 0 amide bonds. The average molecular weight is 364 g/mol. The fourth-order valence-corrected chi connectivity index (χ4v) is 2.81. The highest BCUT2D eigenvalue weighted by Crippen LogP contribution is 2.28. The molecule has 1 saturated heterocycles. The molecule has 0 radical (unpaired) electrons. The van der Waals surface area contributed by atoms with Crippen LogP contribution in [0, 0.1) is 5.92 Å². The van der Waals surface area contributed by atoms with Gasteiger partial charge in [-0.1, -0.05) is 25.1 Å². The molecule has 1 aromatic carbocycles. The van der Waals surface area contributed by atoms with Gasteiger partial charge in [-0.2, -0.15) is 0 Å². The van der Waals surface area contributed by atoms with Gasteiger partial charge >= 0.3 is 11.9 Å². The van der Waals surface area contributed by atoms with Crippen molar-refractivity contribution in [2.75, 3.05) is 13.7 Å². The first-order valence-corrected chi connectivity index (χ1v) is 9.11. The van der Waals surface area contributed by atoms with Crippen LogP contribution in [0.4, 0.5) is 0 Å². The predicted octanol–water partition coefficient (Wildman–Crippen LogP) is 3.34. The molecule has 0 aromatic heterocycles. The fraction of sp³-hybridized carbons (Fsp3) is 0.600. The minimum atomic E-state index is -0.591. The van der Waals surface area contributed by atoms with Gasteiger partial charge in [0, 0.05) is 13.0 Å². The predicted molar refractivity (Wildman–Crippen MR) is 95.6 cm³/mol. The van der Waals surface area contributed by atoms with Crippen molar-refractivity contribution in [2.24, 2.45) is 5.92 Å². The zero-order valence-corrected chi connectivity index (χ0v) is 15.7. The summed E-state index contributed by atoms with van der Waals surface area (Å²) in [6.07, 6.45) is 1.43. The SMILES string of the molecule is COC(=O)CCCCO[C@@H]1OC(C)[C@H](C)CC1OC(=O)c1ccccc1. The number of carbonyl (C=O) groups is 2. The molecular weight excluding hydrogens is 336 g/mol. The van der Waals surface area contributed by atoms with E-state index in [0.717, 1.165) is 0 Å². The minimum Gasteiger partial charge on any atom is -0.469 e. The van der Waals surface area contributed by atoms with Crippen molar-refractivity contribution >= 4 is 11.9 Å². The van der Waals surface area contributed by atoms with Gasteiger partial charge in [0.1, 0.15) is 0 Å². The smallest absolute Gasteiger partial charge is 0.338 e. The maximum absolute atomic E-state index is 12.3. The van der Waals surface area contributed by atoms with Crippen LogP contribution in [0.1, 0.15) is 49.9 Å². The molecule has 1 aliphatic heterocycles. The molecule has 0 spiro atoms. The van der Waals surface area contributed by atoms with Crippen molar-refractivity contribution in [3.8, 4) is 0 Å². The highest BCUT2D eigenvalue weighted by molar-refractivity contribution is 5.89. The lowest BCUT2D eigenvalue weighted by Crippen LogP contribution is -2.46. The fourth-order valence-electron chi connectivity index (χ4n) is 2.81. The van der Waals surface area contributed by atoms with Gasteiger partial charge in [-0.15, -0.1) is 0 Å². The molecule has 1 aliphatic rings. The van der Waals surface area contributed by atoms with E-state index in [9.17, 15) is 9.59 Å². The van der Waals surface area contributed by atoms with E-state index in [4.69, 9.17) is 14.2 Å². The van der Waals surface area contributed by atoms with Gasteiger partial charge < -0.3 is 18.9 Å². The average Bonchev–Trinajstić information content (AvgIpc) is 2.65. The quantitative estimate of drug-likeness (QED) is 0.520. The lowest BCUT2D eigenvalue weighted by Gasteiger charge is -2.38. The number of carbonyl (C=O) groups excluding carboxylic acids is 2. The van der Waals surface area contributed by atoms with E-state index in [1.165, 1.54) is 7.11 Å². The molecule has 2 unspecified atom stereocenters. The molecule has 0 saturated carbocycles. The van der Waals surface area contributed by atoms with Gasteiger partial charge in [0.05, 0.1) is 18.8 Å². The maximum atomic E-state index is 12.3. The molecule has 26 heavy (non-hydrogen) atoms. The van der Waals surface area contributed by atoms with Crippen LogP contribution in [0.5, 0.6) is 0 Å². The topological polar surface area (TPSA) is 71.1 Å². The summed E-state index contributed by atoms with van der Waals surface area (Å²) in [4.78, 5) is 23.5. The van der Waals surface area contributed by atoms with Crippen molar-refractivity contribution < 1.29 is 28.5 Å². The number of methoxy groups -OCH3 is 1. The van der Waals surface area contributed by atoms with E-state index in [0.29, 0.717) is 37.9 Å². The second-order valence-corrected chi connectivity index (χ2v) is 6.64.